The van der Waals surface area contributed by atoms with Crippen LogP contribution in [0.15, 0.2) is 35.2 Å². The SMILES string of the molecule is CCC[C@H]1C(=O)N(S(=O)(=O)c2ccccc2)[C@H]2CCN(C(=O)CCCCCN3CCCCC3)[C@H]12.O=C(O)C(O)C(O)C(=O)O. The second kappa shape index (κ2) is 16.3. The van der Waals surface area contributed by atoms with Gasteiger partial charge in [-0.2, -0.15) is 0 Å². The van der Waals surface area contributed by atoms with Gasteiger partial charge in [-0.05, 0) is 70.3 Å². The van der Waals surface area contributed by atoms with Gasteiger partial charge in [0.2, 0.25) is 11.8 Å². The molecule has 1 aromatic carbocycles. The lowest BCUT2D eigenvalue weighted by Gasteiger charge is -2.28. The number of fused-ring (bicyclic) bond motifs is 1. The van der Waals surface area contributed by atoms with Crippen LogP contribution in [0.4, 0.5) is 0 Å². The van der Waals surface area contributed by atoms with E-state index in [2.05, 4.69) is 4.90 Å². The highest BCUT2D eigenvalue weighted by atomic mass is 32.2. The predicted octanol–water partition coefficient (Wildman–Crippen LogP) is 1.53. The van der Waals surface area contributed by atoms with Crippen LogP contribution in [0.1, 0.15) is 71.1 Å². The molecule has 0 aliphatic carbocycles. The van der Waals surface area contributed by atoms with Crippen molar-refractivity contribution in [2.75, 3.05) is 26.2 Å². The monoisotopic (exact) mass is 639 g/mol. The molecule has 3 aliphatic heterocycles. The van der Waals surface area contributed by atoms with Crippen molar-refractivity contribution in [3.05, 3.63) is 30.3 Å². The van der Waals surface area contributed by atoms with Gasteiger partial charge in [-0.3, -0.25) is 9.59 Å². The molecule has 4 N–H and O–H groups in total. The number of sulfonamides is 1. The number of aliphatic hydroxyl groups is 2. The van der Waals surface area contributed by atoms with E-state index in [9.17, 15) is 27.6 Å². The van der Waals surface area contributed by atoms with E-state index in [0.717, 1.165) is 36.5 Å². The quantitative estimate of drug-likeness (QED) is 0.229. The fraction of sp³-hybridized carbons (Fsp3) is 0.667. The average molecular weight is 640 g/mol. The molecule has 246 valence electrons. The Hall–Kier alpha value is -3.07. The third-order valence-corrected chi connectivity index (χ3v) is 10.3. The minimum atomic E-state index is -3.94. The molecule has 3 aliphatic rings. The number of likely N-dealkylation sites (tertiary alicyclic amines) is 2. The van der Waals surface area contributed by atoms with Gasteiger partial charge in [0, 0.05) is 13.0 Å². The number of hydrogen-bond donors (Lipinski definition) is 4. The van der Waals surface area contributed by atoms with Gasteiger partial charge >= 0.3 is 11.9 Å². The maximum Gasteiger partial charge on any atom is 0.335 e. The van der Waals surface area contributed by atoms with Gasteiger partial charge in [0.05, 0.1) is 22.9 Å². The van der Waals surface area contributed by atoms with Crippen molar-refractivity contribution in [1.82, 2.24) is 14.1 Å². The first kappa shape index (κ1) is 35.4. The number of carboxylic acids is 2. The first-order valence-electron chi connectivity index (χ1n) is 15.4. The van der Waals surface area contributed by atoms with Gasteiger partial charge in [0.15, 0.2) is 12.2 Å². The summed E-state index contributed by atoms with van der Waals surface area (Å²) in [7, 11) is -3.94. The normalized spacial score (nSPS) is 23.4. The van der Waals surface area contributed by atoms with E-state index in [0.29, 0.717) is 25.8 Å². The number of unbranched alkanes of at least 4 members (excludes halogenated alkanes) is 2. The summed E-state index contributed by atoms with van der Waals surface area (Å²) in [6.07, 6.45) is 4.75. The highest BCUT2D eigenvalue weighted by Gasteiger charge is 2.58. The molecular formula is C30H45N3O10S. The van der Waals surface area contributed by atoms with E-state index in [4.69, 9.17) is 20.4 Å². The summed E-state index contributed by atoms with van der Waals surface area (Å²) in [5, 5.41) is 32.5. The molecule has 4 rings (SSSR count). The average Bonchev–Trinajstić information content (AvgIpc) is 3.55. The first-order valence-corrected chi connectivity index (χ1v) is 16.8. The second-order valence-corrected chi connectivity index (χ2v) is 13.4. The number of nitrogens with zero attached hydrogens (tertiary/aromatic N) is 3. The van der Waals surface area contributed by atoms with Gasteiger partial charge in [0.25, 0.3) is 10.0 Å². The Bertz CT molecular complexity index is 1220. The topological polar surface area (TPSA) is 193 Å². The van der Waals surface area contributed by atoms with Crippen LogP contribution in [0.25, 0.3) is 0 Å². The third kappa shape index (κ3) is 8.55. The fourth-order valence-electron chi connectivity index (χ4n) is 6.30. The lowest BCUT2D eigenvalue weighted by atomic mass is 9.94. The molecule has 1 aromatic rings. The number of carboxylic acid groups (broad SMARTS) is 2. The third-order valence-electron chi connectivity index (χ3n) is 8.51. The maximum absolute atomic E-state index is 13.4. The molecule has 14 heteroatoms. The molecule has 0 radical (unpaired) electrons. The molecule has 13 nitrogen and oxygen atoms in total. The molecular weight excluding hydrogens is 594 g/mol. The van der Waals surface area contributed by atoms with E-state index in [1.807, 2.05) is 11.8 Å². The van der Waals surface area contributed by atoms with Crippen LogP contribution in [-0.4, -0.2) is 117 Å². The van der Waals surface area contributed by atoms with E-state index in [1.165, 1.54) is 44.5 Å². The molecule has 0 aromatic heterocycles. The van der Waals surface area contributed by atoms with Crippen LogP contribution in [0.2, 0.25) is 0 Å². The lowest BCUT2D eigenvalue weighted by Crippen LogP contribution is -2.43. The molecule has 3 heterocycles. The summed E-state index contributed by atoms with van der Waals surface area (Å²) in [5.41, 5.74) is 0. The maximum atomic E-state index is 13.4. The standard InChI is InChI=1S/C26H39N3O4S.C4H6O6/c1-2-12-22-25-23(29(26(22)31)34(32,33)21-13-6-3-7-14-21)16-20-28(25)24(30)15-8-4-9-17-27-18-10-5-11-19-27;5-1(3(7)8)2(6)4(9)10/h3,6-7,13-14,22-23,25H,2,4-5,8-12,15-20H2,1H3;1-2,5-6H,(H,7,8)(H,9,10)/t22-,23+,25-;/m1./s1. The Morgan fingerprint density at radius 3 is 2.09 bits per heavy atom. The van der Waals surface area contributed by atoms with E-state index >= 15 is 0 Å². The predicted molar refractivity (Wildman–Crippen MR) is 159 cm³/mol. The Morgan fingerprint density at radius 1 is 0.909 bits per heavy atom. The number of benzene rings is 1. The van der Waals surface area contributed by atoms with Crippen molar-refractivity contribution < 1.29 is 48.0 Å². The number of piperidine rings is 1. The van der Waals surface area contributed by atoms with Gasteiger partial charge in [0.1, 0.15) is 0 Å². The Balaban J connectivity index is 0.000000456. The fourth-order valence-corrected chi connectivity index (χ4v) is 7.98. The van der Waals surface area contributed by atoms with E-state index < -0.39 is 46.1 Å². The number of aliphatic carboxylic acids is 2. The van der Waals surface area contributed by atoms with Crippen LogP contribution in [0, 0.1) is 5.92 Å². The zero-order valence-electron chi connectivity index (χ0n) is 25.2. The van der Waals surface area contributed by atoms with Crippen molar-refractivity contribution in [1.29, 1.82) is 0 Å². The molecule has 5 atom stereocenters. The van der Waals surface area contributed by atoms with Crippen LogP contribution in [0.3, 0.4) is 0 Å². The van der Waals surface area contributed by atoms with Crippen molar-refractivity contribution in [2.45, 2.75) is 100 Å². The number of carbonyl (C=O) groups excluding carboxylic acids is 2. The van der Waals surface area contributed by atoms with E-state index in [-0.39, 0.29) is 22.8 Å². The van der Waals surface area contributed by atoms with Gasteiger partial charge in [-0.1, -0.05) is 44.4 Å². The summed E-state index contributed by atoms with van der Waals surface area (Å²) in [6.45, 7) is 6.04. The highest BCUT2D eigenvalue weighted by Crippen LogP contribution is 2.41. The molecule has 3 saturated heterocycles. The van der Waals surface area contributed by atoms with Crippen LogP contribution in [0.5, 0.6) is 0 Å². The van der Waals surface area contributed by atoms with Crippen molar-refractivity contribution in [3.8, 4) is 0 Å². The zero-order chi connectivity index (χ0) is 32.4. The van der Waals surface area contributed by atoms with Crippen molar-refractivity contribution in [3.63, 3.8) is 0 Å². The first-order chi connectivity index (χ1) is 20.9. The Morgan fingerprint density at radius 2 is 1.52 bits per heavy atom. The largest absolute Gasteiger partial charge is 0.479 e. The van der Waals surface area contributed by atoms with Crippen molar-refractivity contribution in [2.24, 2.45) is 5.92 Å². The summed E-state index contributed by atoms with van der Waals surface area (Å²) >= 11 is 0. The van der Waals surface area contributed by atoms with Crippen LogP contribution >= 0.6 is 0 Å². The Kier molecular flexibility index (Phi) is 13.1. The summed E-state index contributed by atoms with van der Waals surface area (Å²) in [5.74, 6) is -4.26. The molecule has 0 bridgehead atoms. The van der Waals surface area contributed by atoms with Gasteiger partial charge in [-0.15, -0.1) is 0 Å². The molecule has 2 unspecified atom stereocenters. The lowest BCUT2D eigenvalue weighted by molar-refractivity contribution is -0.165. The van der Waals surface area contributed by atoms with Crippen LogP contribution < -0.4 is 0 Å². The Labute approximate surface area is 258 Å². The molecule has 0 saturated carbocycles. The molecule has 44 heavy (non-hydrogen) atoms. The molecule has 0 spiro atoms. The van der Waals surface area contributed by atoms with Crippen LogP contribution in [-0.2, 0) is 29.2 Å². The number of hydrogen-bond acceptors (Lipinski definition) is 9. The smallest absolute Gasteiger partial charge is 0.335 e. The second-order valence-electron chi connectivity index (χ2n) is 11.6. The van der Waals surface area contributed by atoms with Gasteiger partial charge in [-0.25, -0.2) is 22.3 Å². The number of aliphatic hydroxyl groups excluding tert-OH is 2. The zero-order valence-corrected chi connectivity index (χ0v) is 26.0. The minimum absolute atomic E-state index is 0.0679. The summed E-state index contributed by atoms with van der Waals surface area (Å²) < 4.78 is 27.9. The number of rotatable bonds is 13. The summed E-state index contributed by atoms with van der Waals surface area (Å²) in [4.78, 5) is 50.6. The minimum Gasteiger partial charge on any atom is -0.479 e. The number of carbonyl (C=O) groups is 4. The van der Waals surface area contributed by atoms with Crippen molar-refractivity contribution >= 4 is 33.8 Å². The number of amides is 2. The summed E-state index contributed by atoms with van der Waals surface area (Å²) in [6, 6.07) is 7.37. The molecule has 2 amide bonds. The van der Waals surface area contributed by atoms with E-state index in [1.54, 1.807) is 18.2 Å². The van der Waals surface area contributed by atoms with Gasteiger partial charge < -0.3 is 30.2 Å². The molecule has 3 fully saturated rings. The highest BCUT2D eigenvalue weighted by molar-refractivity contribution is 7.89.